The van der Waals surface area contributed by atoms with Crippen molar-refractivity contribution in [3.8, 4) is 0 Å². The van der Waals surface area contributed by atoms with Gasteiger partial charge in [-0.25, -0.2) is 4.98 Å². The van der Waals surface area contributed by atoms with Crippen LogP contribution in [0.25, 0.3) is 0 Å². The molecule has 1 atom stereocenters. The molecule has 0 aromatic carbocycles. The molecular weight excluding hydrogens is 242 g/mol. The number of piperazine rings is 1. The van der Waals surface area contributed by atoms with E-state index in [1.165, 1.54) is 42.8 Å². The standard InChI is InChI=1S/C14H23N3S/c1-11(17-9-7-15-8-10-17)14-16-12-5-3-2-4-6-13(12)18-14/h11,15H,2-10H2,1H3. The van der Waals surface area contributed by atoms with E-state index in [-0.39, 0.29) is 0 Å². The van der Waals surface area contributed by atoms with Gasteiger partial charge in [-0.05, 0) is 32.6 Å². The van der Waals surface area contributed by atoms with Crippen LogP contribution >= 0.6 is 11.3 Å². The van der Waals surface area contributed by atoms with Crippen LogP contribution in [0.5, 0.6) is 0 Å². The van der Waals surface area contributed by atoms with Crippen molar-refractivity contribution in [1.82, 2.24) is 15.2 Å². The van der Waals surface area contributed by atoms with Gasteiger partial charge in [0.1, 0.15) is 5.01 Å². The van der Waals surface area contributed by atoms with Crippen LogP contribution in [0.4, 0.5) is 0 Å². The molecule has 4 heteroatoms. The monoisotopic (exact) mass is 265 g/mol. The van der Waals surface area contributed by atoms with Gasteiger partial charge in [-0.15, -0.1) is 11.3 Å². The largest absolute Gasteiger partial charge is 0.314 e. The van der Waals surface area contributed by atoms with Crippen molar-refractivity contribution >= 4 is 11.3 Å². The lowest BCUT2D eigenvalue weighted by atomic mass is 10.2. The first kappa shape index (κ1) is 12.6. The summed E-state index contributed by atoms with van der Waals surface area (Å²) < 4.78 is 0. The quantitative estimate of drug-likeness (QED) is 0.832. The Kier molecular flexibility index (Phi) is 3.97. The number of aryl methyl sites for hydroxylation is 2. The molecule has 1 aromatic heterocycles. The Morgan fingerprint density at radius 3 is 2.78 bits per heavy atom. The second-order valence-corrected chi connectivity index (χ2v) is 6.56. The highest BCUT2D eigenvalue weighted by Crippen LogP contribution is 2.31. The van der Waals surface area contributed by atoms with Gasteiger partial charge in [-0.1, -0.05) is 6.42 Å². The Labute approximate surface area is 114 Å². The predicted octanol–water partition coefficient (Wildman–Crippen LogP) is 2.38. The van der Waals surface area contributed by atoms with Crippen molar-refractivity contribution in [3.05, 3.63) is 15.6 Å². The predicted molar refractivity (Wildman–Crippen MR) is 76.2 cm³/mol. The number of fused-ring (bicyclic) bond motifs is 1. The van der Waals surface area contributed by atoms with Crippen LogP contribution in [0, 0.1) is 0 Å². The van der Waals surface area contributed by atoms with Crippen molar-refractivity contribution in [2.45, 2.75) is 45.1 Å². The second kappa shape index (κ2) is 5.68. The third kappa shape index (κ3) is 2.60. The fourth-order valence-corrected chi connectivity index (χ4v) is 4.19. The van der Waals surface area contributed by atoms with Gasteiger partial charge in [0.25, 0.3) is 0 Å². The molecule has 1 fully saturated rings. The van der Waals surface area contributed by atoms with E-state index in [2.05, 4.69) is 17.1 Å². The maximum atomic E-state index is 4.94. The molecule has 1 aliphatic heterocycles. The molecular formula is C14H23N3S. The Bertz CT molecular complexity index is 372. The van der Waals surface area contributed by atoms with Crippen LogP contribution in [0.2, 0.25) is 0 Å². The molecule has 2 heterocycles. The smallest absolute Gasteiger partial charge is 0.110 e. The average Bonchev–Trinajstić information content (AvgIpc) is 2.70. The zero-order valence-electron chi connectivity index (χ0n) is 11.2. The molecule has 0 bridgehead atoms. The number of rotatable bonds is 2. The Morgan fingerprint density at radius 2 is 1.94 bits per heavy atom. The maximum Gasteiger partial charge on any atom is 0.110 e. The number of nitrogens with zero attached hydrogens (tertiary/aromatic N) is 2. The zero-order valence-corrected chi connectivity index (χ0v) is 12.1. The molecule has 0 spiro atoms. The maximum absolute atomic E-state index is 4.94. The van der Waals surface area contributed by atoms with Crippen molar-refractivity contribution < 1.29 is 0 Å². The van der Waals surface area contributed by atoms with Gasteiger partial charge in [0.05, 0.1) is 11.7 Å². The molecule has 0 amide bonds. The molecule has 1 aromatic rings. The summed E-state index contributed by atoms with van der Waals surface area (Å²) in [6, 6.07) is 0.504. The molecule has 3 rings (SSSR count). The lowest BCUT2D eigenvalue weighted by Gasteiger charge is -2.31. The number of nitrogens with one attached hydrogen (secondary N) is 1. The van der Waals surface area contributed by atoms with Gasteiger partial charge in [0.2, 0.25) is 0 Å². The topological polar surface area (TPSA) is 28.2 Å². The number of hydrogen-bond acceptors (Lipinski definition) is 4. The molecule has 18 heavy (non-hydrogen) atoms. The molecule has 0 saturated carbocycles. The summed E-state index contributed by atoms with van der Waals surface area (Å²) in [5.41, 5.74) is 1.41. The zero-order chi connectivity index (χ0) is 12.4. The fraction of sp³-hybridized carbons (Fsp3) is 0.786. The summed E-state index contributed by atoms with van der Waals surface area (Å²) >= 11 is 1.98. The minimum atomic E-state index is 0.504. The third-order valence-corrected chi connectivity index (χ3v) is 5.50. The van der Waals surface area contributed by atoms with Crippen LogP contribution in [0.3, 0.4) is 0 Å². The molecule has 1 saturated heterocycles. The molecule has 100 valence electrons. The SMILES string of the molecule is CC(c1nc2c(s1)CCCCC2)N1CCNCC1. The van der Waals surface area contributed by atoms with Gasteiger partial charge in [0, 0.05) is 31.1 Å². The second-order valence-electron chi connectivity index (χ2n) is 5.44. The Morgan fingerprint density at radius 1 is 1.17 bits per heavy atom. The summed E-state index contributed by atoms with van der Waals surface area (Å²) in [7, 11) is 0. The van der Waals surface area contributed by atoms with Gasteiger partial charge < -0.3 is 5.32 Å². The van der Waals surface area contributed by atoms with Crippen LogP contribution < -0.4 is 5.32 Å². The average molecular weight is 265 g/mol. The normalized spacial score (nSPS) is 23.4. The molecule has 1 unspecified atom stereocenters. The lowest BCUT2D eigenvalue weighted by Crippen LogP contribution is -2.44. The third-order valence-electron chi connectivity index (χ3n) is 4.17. The first-order valence-electron chi connectivity index (χ1n) is 7.28. The summed E-state index contributed by atoms with van der Waals surface area (Å²) in [6.07, 6.45) is 6.54. The molecule has 1 aliphatic carbocycles. The molecule has 3 nitrogen and oxygen atoms in total. The summed E-state index contributed by atoms with van der Waals surface area (Å²) in [6.45, 7) is 6.88. The number of thiazole rings is 1. The van der Waals surface area contributed by atoms with Crippen LogP contribution in [-0.2, 0) is 12.8 Å². The van der Waals surface area contributed by atoms with E-state index in [1.807, 2.05) is 11.3 Å². The van der Waals surface area contributed by atoms with E-state index < -0.39 is 0 Å². The minimum Gasteiger partial charge on any atom is -0.314 e. The highest BCUT2D eigenvalue weighted by Gasteiger charge is 2.23. The van der Waals surface area contributed by atoms with Crippen molar-refractivity contribution in [1.29, 1.82) is 0 Å². The van der Waals surface area contributed by atoms with Crippen molar-refractivity contribution in [2.75, 3.05) is 26.2 Å². The number of hydrogen-bond donors (Lipinski definition) is 1. The van der Waals surface area contributed by atoms with Gasteiger partial charge in [0.15, 0.2) is 0 Å². The highest BCUT2D eigenvalue weighted by molar-refractivity contribution is 7.11. The fourth-order valence-electron chi connectivity index (χ4n) is 2.95. The molecule has 2 aliphatic rings. The van der Waals surface area contributed by atoms with E-state index >= 15 is 0 Å². The van der Waals surface area contributed by atoms with Crippen LogP contribution in [0.1, 0.15) is 47.8 Å². The van der Waals surface area contributed by atoms with E-state index in [4.69, 9.17) is 4.98 Å². The first-order chi connectivity index (χ1) is 8.84. The van der Waals surface area contributed by atoms with E-state index in [9.17, 15) is 0 Å². The highest BCUT2D eigenvalue weighted by atomic mass is 32.1. The van der Waals surface area contributed by atoms with Gasteiger partial charge in [-0.3, -0.25) is 4.90 Å². The summed E-state index contributed by atoms with van der Waals surface area (Å²) in [4.78, 5) is 9.08. The van der Waals surface area contributed by atoms with E-state index in [0.717, 1.165) is 26.2 Å². The lowest BCUT2D eigenvalue weighted by molar-refractivity contribution is 0.185. The van der Waals surface area contributed by atoms with Gasteiger partial charge in [-0.2, -0.15) is 0 Å². The Hall–Kier alpha value is -0.450. The van der Waals surface area contributed by atoms with E-state index in [1.54, 1.807) is 4.88 Å². The van der Waals surface area contributed by atoms with Gasteiger partial charge >= 0.3 is 0 Å². The minimum absolute atomic E-state index is 0.504. The van der Waals surface area contributed by atoms with Crippen molar-refractivity contribution in [3.63, 3.8) is 0 Å². The van der Waals surface area contributed by atoms with Crippen molar-refractivity contribution in [2.24, 2.45) is 0 Å². The van der Waals surface area contributed by atoms with Crippen LogP contribution in [0.15, 0.2) is 0 Å². The number of aromatic nitrogens is 1. The Balaban J connectivity index is 1.75. The van der Waals surface area contributed by atoms with Crippen LogP contribution in [-0.4, -0.2) is 36.1 Å². The summed E-state index contributed by atoms with van der Waals surface area (Å²) in [5, 5.41) is 4.77. The summed E-state index contributed by atoms with van der Waals surface area (Å²) in [5.74, 6) is 0. The van der Waals surface area contributed by atoms with E-state index in [0.29, 0.717) is 6.04 Å². The molecule has 1 N–H and O–H groups in total. The first-order valence-corrected chi connectivity index (χ1v) is 8.09. The molecule has 0 radical (unpaired) electrons.